The lowest BCUT2D eigenvalue weighted by Crippen LogP contribution is -2.28. The van der Waals surface area contributed by atoms with Gasteiger partial charge in [0.1, 0.15) is 5.75 Å². The Hall–Kier alpha value is -2.10. The summed E-state index contributed by atoms with van der Waals surface area (Å²) in [5.74, 6) is 0.0346. The second-order valence-corrected chi connectivity index (χ2v) is 10.5. The van der Waals surface area contributed by atoms with E-state index in [0.29, 0.717) is 18.7 Å². The van der Waals surface area contributed by atoms with Crippen LogP contribution < -0.4 is 9.46 Å². The molecule has 3 rings (SSSR count). The molecule has 0 aliphatic carbocycles. The summed E-state index contributed by atoms with van der Waals surface area (Å²) < 4.78 is 59.9. The standard InChI is InChI=1S/C19H24N2O5S2/c1-15-5-7-16(8-6-15)14-27(22,23)20-18-13-17(9-10-19(18)26-2)28(24,25)21-11-3-4-12-21/h5-10,13,20H,3-4,11-12,14H2,1-2H3. The predicted molar refractivity (Wildman–Crippen MR) is 108 cm³/mol. The molecule has 2 aromatic rings. The van der Waals surface area contributed by atoms with Crippen LogP contribution >= 0.6 is 0 Å². The smallest absolute Gasteiger partial charge is 0.243 e. The number of nitrogens with one attached hydrogen (secondary N) is 1. The maximum atomic E-state index is 12.8. The van der Waals surface area contributed by atoms with E-state index in [1.807, 2.05) is 19.1 Å². The highest BCUT2D eigenvalue weighted by Crippen LogP contribution is 2.31. The average molecular weight is 425 g/mol. The van der Waals surface area contributed by atoms with Crippen LogP contribution in [-0.4, -0.2) is 41.3 Å². The van der Waals surface area contributed by atoms with Gasteiger partial charge in [0, 0.05) is 13.1 Å². The van der Waals surface area contributed by atoms with Gasteiger partial charge in [-0.05, 0) is 43.5 Å². The summed E-state index contributed by atoms with van der Waals surface area (Å²) in [6.07, 6.45) is 1.65. The van der Waals surface area contributed by atoms with Crippen LogP contribution in [0.1, 0.15) is 24.0 Å². The second kappa shape index (κ2) is 8.10. The minimum absolute atomic E-state index is 0.0447. The molecule has 1 saturated heterocycles. The van der Waals surface area contributed by atoms with Crippen molar-refractivity contribution in [1.29, 1.82) is 0 Å². The monoisotopic (exact) mass is 424 g/mol. The molecule has 28 heavy (non-hydrogen) atoms. The predicted octanol–water partition coefficient (Wildman–Crippen LogP) is 2.73. The van der Waals surface area contributed by atoms with Gasteiger partial charge < -0.3 is 4.74 Å². The molecule has 0 radical (unpaired) electrons. The van der Waals surface area contributed by atoms with Gasteiger partial charge in [-0.1, -0.05) is 29.8 Å². The zero-order valence-corrected chi connectivity index (χ0v) is 17.5. The van der Waals surface area contributed by atoms with Gasteiger partial charge in [-0.15, -0.1) is 0 Å². The molecule has 0 aromatic heterocycles. The van der Waals surface area contributed by atoms with Gasteiger partial charge in [0.2, 0.25) is 20.0 Å². The third kappa shape index (κ3) is 4.65. The molecule has 2 aromatic carbocycles. The van der Waals surface area contributed by atoms with Gasteiger partial charge >= 0.3 is 0 Å². The van der Waals surface area contributed by atoms with E-state index >= 15 is 0 Å². The van der Waals surface area contributed by atoms with E-state index in [1.165, 1.54) is 29.6 Å². The van der Waals surface area contributed by atoms with E-state index in [0.717, 1.165) is 18.4 Å². The van der Waals surface area contributed by atoms with Crippen LogP contribution in [0.3, 0.4) is 0 Å². The lowest BCUT2D eigenvalue weighted by molar-refractivity contribution is 0.416. The highest BCUT2D eigenvalue weighted by molar-refractivity contribution is 7.92. The molecule has 1 heterocycles. The number of benzene rings is 2. The lowest BCUT2D eigenvalue weighted by atomic mass is 10.2. The molecule has 7 nitrogen and oxygen atoms in total. The topological polar surface area (TPSA) is 92.8 Å². The summed E-state index contributed by atoms with van der Waals surface area (Å²) in [7, 11) is -6.01. The van der Waals surface area contributed by atoms with Crippen LogP contribution in [0.4, 0.5) is 5.69 Å². The Bertz CT molecular complexity index is 1040. The second-order valence-electron chi connectivity index (χ2n) is 6.82. The van der Waals surface area contributed by atoms with Gasteiger partial charge in [-0.25, -0.2) is 16.8 Å². The van der Waals surface area contributed by atoms with E-state index in [-0.39, 0.29) is 22.1 Å². The highest BCUT2D eigenvalue weighted by atomic mass is 32.2. The zero-order valence-electron chi connectivity index (χ0n) is 15.9. The van der Waals surface area contributed by atoms with Crippen molar-refractivity contribution < 1.29 is 21.6 Å². The van der Waals surface area contributed by atoms with Gasteiger partial charge in [0.25, 0.3) is 0 Å². The van der Waals surface area contributed by atoms with Crippen molar-refractivity contribution in [3.63, 3.8) is 0 Å². The van der Waals surface area contributed by atoms with Crippen molar-refractivity contribution in [3.05, 3.63) is 53.6 Å². The Balaban J connectivity index is 1.88. The molecule has 0 amide bonds. The van der Waals surface area contributed by atoms with Crippen molar-refractivity contribution in [2.75, 3.05) is 24.9 Å². The Morgan fingerprint density at radius 1 is 1.00 bits per heavy atom. The van der Waals surface area contributed by atoms with Crippen LogP contribution in [0.15, 0.2) is 47.4 Å². The molecule has 9 heteroatoms. The molecule has 1 aliphatic heterocycles. The Labute approximate surface area is 166 Å². The quantitative estimate of drug-likeness (QED) is 0.738. The molecule has 152 valence electrons. The van der Waals surface area contributed by atoms with E-state index in [1.54, 1.807) is 12.1 Å². The van der Waals surface area contributed by atoms with E-state index in [2.05, 4.69) is 4.72 Å². The fourth-order valence-electron chi connectivity index (χ4n) is 3.11. The normalized spacial score (nSPS) is 15.5. The number of aryl methyl sites for hydroxylation is 1. The average Bonchev–Trinajstić information content (AvgIpc) is 3.18. The van der Waals surface area contributed by atoms with Crippen molar-refractivity contribution in [2.24, 2.45) is 0 Å². The van der Waals surface area contributed by atoms with Crippen LogP contribution in [-0.2, 0) is 25.8 Å². The summed E-state index contributed by atoms with van der Waals surface area (Å²) in [5.41, 5.74) is 1.78. The van der Waals surface area contributed by atoms with Gasteiger partial charge in [-0.2, -0.15) is 4.31 Å². The van der Waals surface area contributed by atoms with Crippen molar-refractivity contribution in [3.8, 4) is 5.75 Å². The Morgan fingerprint density at radius 2 is 1.64 bits per heavy atom. The van der Waals surface area contributed by atoms with Crippen LogP contribution in [0.5, 0.6) is 5.75 Å². The first-order valence-corrected chi connectivity index (χ1v) is 12.0. The summed E-state index contributed by atoms with van der Waals surface area (Å²) >= 11 is 0. The Kier molecular flexibility index (Phi) is 5.97. The van der Waals surface area contributed by atoms with Crippen LogP contribution in [0, 0.1) is 6.92 Å². The van der Waals surface area contributed by atoms with E-state index in [9.17, 15) is 16.8 Å². The van der Waals surface area contributed by atoms with Crippen molar-refractivity contribution in [2.45, 2.75) is 30.4 Å². The summed E-state index contributed by atoms with van der Waals surface area (Å²) in [6.45, 7) is 2.87. The molecule has 0 unspecified atom stereocenters. The zero-order chi connectivity index (χ0) is 20.4. The molecular weight excluding hydrogens is 400 g/mol. The number of nitrogens with zero attached hydrogens (tertiary/aromatic N) is 1. The third-order valence-corrected chi connectivity index (χ3v) is 7.76. The fraction of sp³-hybridized carbons (Fsp3) is 0.368. The number of ether oxygens (including phenoxy) is 1. The van der Waals surface area contributed by atoms with Crippen molar-refractivity contribution >= 4 is 25.7 Å². The molecular formula is C19H24N2O5S2. The van der Waals surface area contributed by atoms with Gasteiger partial charge in [0.15, 0.2) is 0 Å². The first kappa shape index (κ1) is 20.6. The van der Waals surface area contributed by atoms with E-state index < -0.39 is 20.0 Å². The summed E-state index contributed by atoms with van der Waals surface area (Å²) in [5, 5.41) is 0. The first-order valence-electron chi connectivity index (χ1n) is 8.95. The molecule has 1 fully saturated rings. The summed E-state index contributed by atoms with van der Waals surface area (Å²) in [6, 6.07) is 11.4. The molecule has 1 N–H and O–H groups in total. The molecule has 0 bridgehead atoms. The third-order valence-electron chi connectivity index (χ3n) is 4.62. The van der Waals surface area contributed by atoms with Crippen molar-refractivity contribution in [1.82, 2.24) is 4.31 Å². The Morgan fingerprint density at radius 3 is 2.25 bits per heavy atom. The molecule has 0 atom stereocenters. The van der Waals surface area contributed by atoms with Crippen LogP contribution in [0.25, 0.3) is 0 Å². The number of hydrogen-bond donors (Lipinski definition) is 1. The van der Waals surface area contributed by atoms with E-state index in [4.69, 9.17) is 4.74 Å². The molecule has 1 aliphatic rings. The minimum atomic E-state index is -3.75. The highest BCUT2D eigenvalue weighted by Gasteiger charge is 2.28. The number of rotatable bonds is 7. The molecule has 0 saturated carbocycles. The lowest BCUT2D eigenvalue weighted by Gasteiger charge is -2.18. The number of hydrogen-bond acceptors (Lipinski definition) is 5. The number of sulfonamides is 2. The molecule has 0 spiro atoms. The largest absolute Gasteiger partial charge is 0.495 e. The SMILES string of the molecule is COc1ccc(S(=O)(=O)N2CCCC2)cc1NS(=O)(=O)Cc1ccc(C)cc1. The van der Waals surface area contributed by atoms with Gasteiger partial charge in [0.05, 0.1) is 23.4 Å². The van der Waals surface area contributed by atoms with Crippen LogP contribution in [0.2, 0.25) is 0 Å². The maximum Gasteiger partial charge on any atom is 0.243 e. The van der Waals surface area contributed by atoms with Gasteiger partial charge in [-0.3, -0.25) is 4.72 Å². The number of anilines is 1. The fourth-order valence-corrected chi connectivity index (χ4v) is 5.85. The number of methoxy groups -OCH3 is 1. The maximum absolute atomic E-state index is 12.8. The summed E-state index contributed by atoms with van der Waals surface area (Å²) in [4.78, 5) is 0.0447. The minimum Gasteiger partial charge on any atom is -0.495 e. The first-order chi connectivity index (χ1) is 13.2.